The molecule has 0 aliphatic carbocycles. The van der Waals surface area contributed by atoms with Gasteiger partial charge in [0.1, 0.15) is 0 Å². The van der Waals surface area contributed by atoms with Gasteiger partial charge in [-0.05, 0) is 13.3 Å². The van der Waals surface area contributed by atoms with Crippen LogP contribution in [0.3, 0.4) is 0 Å². The molecule has 0 fully saturated rings. The van der Waals surface area contributed by atoms with Crippen LogP contribution < -0.4 is 0 Å². The smallest absolute Gasteiger partial charge is 0.290 e. The van der Waals surface area contributed by atoms with Gasteiger partial charge in [-0.25, -0.2) is 0 Å². The summed E-state index contributed by atoms with van der Waals surface area (Å²) in [5.41, 5.74) is 0. The molecule has 0 rings (SSSR count). The predicted molar refractivity (Wildman–Crippen MR) is 103 cm³/mol. The van der Waals surface area contributed by atoms with Crippen LogP contribution in [-0.4, -0.2) is 47.8 Å². The highest BCUT2D eigenvalue weighted by atomic mass is 19.4. The van der Waals surface area contributed by atoms with Gasteiger partial charge in [0.05, 0.1) is 6.92 Å². The molecule has 0 aromatic carbocycles. The molecule has 0 radical (unpaired) electrons. The Morgan fingerprint density at radius 3 is 1.06 bits per heavy atom. The Bertz CT molecular complexity index is 672. The summed E-state index contributed by atoms with van der Waals surface area (Å²) in [6.07, 6.45) is -20.2. The van der Waals surface area contributed by atoms with E-state index >= 15 is 0 Å². The number of hydrogen-bond donors (Lipinski definition) is 0. The summed E-state index contributed by atoms with van der Waals surface area (Å²) >= 11 is 0. The lowest BCUT2D eigenvalue weighted by Crippen LogP contribution is -2.33. The van der Waals surface area contributed by atoms with E-state index in [1.807, 2.05) is 0 Å². The van der Waals surface area contributed by atoms with Gasteiger partial charge in [-0.2, -0.15) is 52.7 Å². The Morgan fingerprint density at radius 2 is 0.917 bits per heavy atom. The Kier molecular flexibility index (Phi) is 19.5. The number of halogens is 12. The standard InChI is InChI=1S/C7H6F6O2.C5H6F3O.C5H7F3O.C3H8/c1-3(5(15)7(11,12)13)2-4(14)6(8,9)10;1-3(2)4(9)5(6,7)8;1-2-3-4(9)5(6,7)8;1-3-2/h3H,2H2,1H3;3H,1H2,2H3;2-3H2,1H3;3H2,1-2H3/q;+1;;. The number of hydrogen-bond acceptors (Lipinski definition) is 4. The highest BCUT2D eigenvalue weighted by Gasteiger charge is 2.46. The first-order valence-electron chi connectivity index (χ1n) is 9.96. The Balaban J connectivity index is -0.000000211. The molecule has 214 valence electrons. The zero-order valence-corrected chi connectivity index (χ0v) is 19.9. The molecule has 4 nitrogen and oxygen atoms in total. The molecule has 0 aliphatic heterocycles. The Labute approximate surface area is 199 Å². The van der Waals surface area contributed by atoms with Crippen LogP contribution in [0.25, 0.3) is 0 Å². The van der Waals surface area contributed by atoms with E-state index in [1.165, 1.54) is 13.3 Å². The SMILES string of the molecule is CC(CC(=O)C(F)(F)F)C(=O)C(F)(F)F.CCC.CCCC(=O)C(F)(F)F.[CH2+]C(C)C(=O)C(F)(F)F. The molecule has 0 saturated heterocycles. The molecule has 0 heterocycles. The van der Waals surface area contributed by atoms with Gasteiger partial charge in [-0.15, -0.1) is 0 Å². The van der Waals surface area contributed by atoms with Gasteiger partial charge >= 0.3 is 24.7 Å². The van der Waals surface area contributed by atoms with E-state index in [4.69, 9.17) is 0 Å². The van der Waals surface area contributed by atoms with Crippen molar-refractivity contribution in [1.29, 1.82) is 0 Å². The normalized spacial score (nSPS) is 13.4. The van der Waals surface area contributed by atoms with Gasteiger partial charge < -0.3 is 0 Å². The van der Waals surface area contributed by atoms with Crippen molar-refractivity contribution in [3.05, 3.63) is 6.92 Å². The maximum absolute atomic E-state index is 11.7. The first-order chi connectivity index (χ1) is 15.7. The fourth-order valence-electron chi connectivity index (χ4n) is 1.41. The summed E-state index contributed by atoms with van der Waals surface area (Å²) in [7, 11) is 0. The second-order valence-corrected chi connectivity index (χ2v) is 7.03. The molecule has 36 heavy (non-hydrogen) atoms. The molecular weight excluding hydrogens is 532 g/mol. The van der Waals surface area contributed by atoms with E-state index in [9.17, 15) is 71.9 Å². The topological polar surface area (TPSA) is 68.3 Å². The molecule has 0 aliphatic rings. The maximum Gasteiger partial charge on any atom is 0.454 e. The summed E-state index contributed by atoms with van der Waals surface area (Å²) in [6, 6.07) is 0. The molecule has 2 atom stereocenters. The number of Topliss-reactive ketones (excluding diaryl/α,β-unsaturated/α-hetero) is 4. The molecular formula is C20H27F12O4+. The third kappa shape index (κ3) is 22.2. The second-order valence-electron chi connectivity index (χ2n) is 7.03. The fraction of sp³-hybridized carbons (Fsp3) is 0.750. The predicted octanol–water partition coefficient (Wildman–Crippen LogP) is 7.20. The minimum Gasteiger partial charge on any atom is -0.290 e. The van der Waals surface area contributed by atoms with Crippen LogP contribution in [0.5, 0.6) is 0 Å². The molecule has 0 saturated carbocycles. The molecule has 0 amide bonds. The number of carbonyl (C=O) groups is 4. The van der Waals surface area contributed by atoms with E-state index < -0.39 is 72.5 Å². The van der Waals surface area contributed by atoms with Crippen LogP contribution in [0.15, 0.2) is 0 Å². The van der Waals surface area contributed by atoms with Crippen LogP contribution >= 0.6 is 0 Å². The fourth-order valence-corrected chi connectivity index (χ4v) is 1.41. The van der Waals surface area contributed by atoms with E-state index in [0.29, 0.717) is 6.92 Å². The van der Waals surface area contributed by atoms with Crippen LogP contribution in [0.2, 0.25) is 0 Å². The van der Waals surface area contributed by atoms with E-state index in [0.717, 1.165) is 6.92 Å². The van der Waals surface area contributed by atoms with Crippen molar-refractivity contribution in [3.8, 4) is 0 Å². The van der Waals surface area contributed by atoms with Crippen LogP contribution in [0.1, 0.15) is 60.3 Å². The average molecular weight is 559 g/mol. The number of ketones is 4. The first-order valence-corrected chi connectivity index (χ1v) is 9.96. The lowest BCUT2D eigenvalue weighted by atomic mass is 9.99. The van der Waals surface area contributed by atoms with Crippen molar-refractivity contribution < 1.29 is 71.9 Å². The van der Waals surface area contributed by atoms with Gasteiger partial charge in [0, 0.05) is 18.8 Å². The van der Waals surface area contributed by atoms with Gasteiger partial charge in [0.15, 0.2) is 5.92 Å². The zero-order chi connectivity index (χ0) is 30.3. The van der Waals surface area contributed by atoms with Gasteiger partial charge in [-0.1, -0.05) is 34.1 Å². The number of rotatable bonds is 6. The maximum atomic E-state index is 11.7. The molecule has 0 N–H and O–H groups in total. The van der Waals surface area contributed by atoms with Gasteiger partial charge in [0.2, 0.25) is 17.3 Å². The van der Waals surface area contributed by atoms with Crippen LogP contribution in [0.4, 0.5) is 52.7 Å². The van der Waals surface area contributed by atoms with Gasteiger partial charge in [-0.3, -0.25) is 19.2 Å². The summed E-state index contributed by atoms with van der Waals surface area (Å²) in [5.74, 6) is -11.3. The van der Waals surface area contributed by atoms with Gasteiger partial charge in [0.25, 0.3) is 5.78 Å². The van der Waals surface area contributed by atoms with Crippen molar-refractivity contribution in [2.75, 3.05) is 0 Å². The van der Waals surface area contributed by atoms with E-state index in [-0.39, 0.29) is 6.42 Å². The molecule has 0 bridgehead atoms. The monoisotopic (exact) mass is 559 g/mol. The molecule has 16 heteroatoms. The quantitative estimate of drug-likeness (QED) is 0.255. The minimum atomic E-state index is -5.22. The highest BCUT2D eigenvalue weighted by Crippen LogP contribution is 2.26. The van der Waals surface area contributed by atoms with Crippen molar-refractivity contribution in [2.24, 2.45) is 11.8 Å². The molecule has 0 aromatic rings. The third-order valence-electron chi connectivity index (χ3n) is 3.05. The van der Waals surface area contributed by atoms with E-state index in [2.05, 4.69) is 20.8 Å². The second kappa shape index (κ2) is 17.2. The van der Waals surface area contributed by atoms with Crippen molar-refractivity contribution in [2.45, 2.75) is 85.0 Å². The van der Waals surface area contributed by atoms with Crippen LogP contribution in [0, 0.1) is 18.8 Å². The third-order valence-corrected chi connectivity index (χ3v) is 3.05. The average Bonchev–Trinajstić information content (AvgIpc) is 2.65. The largest absolute Gasteiger partial charge is 0.454 e. The Hall–Kier alpha value is -2.29. The van der Waals surface area contributed by atoms with Crippen LogP contribution in [-0.2, 0) is 19.2 Å². The van der Waals surface area contributed by atoms with Crippen molar-refractivity contribution >= 4 is 23.1 Å². The first kappa shape index (κ1) is 40.9. The van der Waals surface area contributed by atoms with E-state index in [1.54, 1.807) is 0 Å². The summed E-state index contributed by atoms with van der Waals surface area (Å²) in [6.45, 7) is 10.4. The molecule has 2 unspecified atom stereocenters. The zero-order valence-electron chi connectivity index (χ0n) is 19.9. The minimum absolute atomic E-state index is 0.248. The number of carbonyl (C=O) groups excluding carboxylic acids is 4. The summed E-state index contributed by atoms with van der Waals surface area (Å²) in [5, 5.41) is 0. The summed E-state index contributed by atoms with van der Waals surface area (Å²) in [4.78, 5) is 40.6. The van der Waals surface area contributed by atoms with Crippen molar-refractivity contribution in [3.63, 3.8) is 0 Å². The van der Waals surface area contributed by atoms with Crippen molar-refractivity contribution in [1.82, 2.24) is 0 Å². The Morgan fingerprint density at radius 1 is 0.611 bits per heavy atom. The molecule has 0 aromatic heterocycles. The lowest BCUT2D eigenvalue weighted by molar-refractivity contribution is -0.180. The summed E-state index contributed by atoms with van der Waals surface area (Å²) < 4.78 is 138. The lowest BCUT2D eigenvalue weighted by Gasteiger charge is -2.12. The molecule has 0 spiro atoms. The number of alkyl halides is 12. The highest BCUT2D eigenvalue weighted by molar-refractivity contribution is 5.92.